The lowest BCUT2D eigenvalue weighted by Gasteiger charge is -2.51. The second-order valence-electron chi connectivity index (χ2n) is 5.59. The standard InChI is InChI=1S/C19H21N/c1-4-9-20-18-11-17(12-19(20)13-18)16-8-7-14(5-2)15(6-3)10-16/h4-8,10-11,18-19H,1-3,9,12-13H2. The van der Waals surface area contributed by atoms with E-state index in [0.717, 1.165) is 18.5 Å². The Kier molecular flexibility index (Phi) is 3.45. The van der Waals surface area contributed by atoms with Gasteiger partial charge in [0.05, 0.1) is 0 Å². The molecule has 2 aliphatic heterocycles. The van der Waals surface area contributed by atoms with Crippen LogP contribution in [0.25, 0.3) is 17.7 Å². The molecule has 0 aromatic heterocycles. The maximum Gasteiger partial charge on any atom is 0.0305 e. The highest BCUT2D eigenvalue weighted by molar-refractivity contribution is 5.74. The molecule has 1 aromatic carbocycles. The third-order valence-corrected chi connectivity index (χ3v) is 4.50. The fraction of sp³-hybridized carbons (Fsp3) is 0.263. The molecule has 1 fully saturated rings. The van der Waals surface area contributed by atoms with Crippen molar-refractivity contribution in [3.05, 3.63) is 66.8 Å². The Morgan fingerprint density at radius 1 is 1.15 bits per heavy atom. The minimum atomic E-state index is 0.605. The van der Waals surface area contributed by atoms with E-state index in [-0.39, 0.29) is 0 Å². The van der Waals surface area contributed by atoms with Crippen molar-refractivity contribution in [1.29, 1.82) is 0 Å². The molecule has 2 unspecified atom stereocenters. The summed E-state index contributed by atoms with van der Waals surface area (Å²) in [5.74, 6) is 0. The molecule has 1 heteroatoms. The molecule has 1 aliphatic carbocycles. The van der Waals surface area contributed by atoms with Crippen molar-refractivity contribution in [2.75, 3.05) is 6.54 Å². The van der Waals surface area contributed by atoms with Crippen LogP contribution in [0.3, 0.4) is 0 Å². The highest BCUT2D eigenvalue weighted by Gasteiger charge is 2.40. The molecule has 2 atom stereocenters. The van der Waals surface area contributed by atoms with E-state index >= 15 is 0 Å². The van der Waals surface area contributed by atoms with Crippen LogP contribution >= 0.6 is 0 Å². The highest BCUT2D eigenvalue weighted by atomic mass is 15.2. The summed E-state index contributed by atoms with van der Waals surface area (Å²) >= 11 is 0. The molecule has 20 heavy (non-hydrogen) atoms. The number of rotatable bonds is 5. The minimum Gasteiger partial charge on any atom is -0.290 e. The third-order valence-electron chi connectivity index (χ3n) is 4.50. The molecule has 2 heterocycles. The van der Waals surface area contributed by atoms with Gasteiger partial charge in [-0.1, -0.05) is 49.6 Å². The van der Waals surface area contributed by atoms with Crippen LogP contribution in [0.1, 0.15) is 29.5 Å². The van der Waals surface area contributed by atoms with Crippen molar-refractivity contribution in [2.24, 2.45) is 0 Å². The van der Waals surface area contributed by atoms with Gasteiger partial charge in [-0.2, -0.15) is 0 Å². The van der Waals surface area contributed by atoms with Gasteiger partial charge >= 0.3 is 0 Å². The molecule has 2 bridgehead atoms. The van der Waals surface area contributed by atoms with E-state index in [1.807, 2.05) is 18.2 Å². The first-order valence-corrected chi connectivity index (χ1v) is 7.23. The van der Waals surface area contributed by atoms with E-state index in [4.69, 9.17) is 0 Å². The van der Waals surface area contributed by atoms with Gasteiger partial charge in [-0.05, 0) is 41.2 Å². The quantitative estimate of drug-likeness (QED) is 0.712. The average molecular weight is 263 g/mol. The maximum absolute atomic E-state index is 3.90. The first-order chi connectivity index (χ1) is 9.76. The number of hydrogen-bond donors (Lipinski definition) is 0. The van der Waals surface area contributed by atoms with Crippen molar-refractivity contribution in [2.45, 2.75) is 24.9 Å². The van der Waals surface area contributed by atoms with Gasteiger partial charge in [-0.3, -0.25) is 4.90 Å². The zero-order chi connectivity index (χ0) is 14.1. The summed E-state index contributed by atoms with van der Waals surface area (Å²) in [4.78, 5) is 2.53. The molecule has 1 aromatic rings. The van der Waals surface area contributed by atoms with E-state index in [2.05, 4.69) is 48.9 Å². The summed E-state index contributed by atoms with van der Waals surface area (Å²) in [7, 11) is 0. The molecule has 3 aliphatic rings. The van der Waals surface area contributed by atoms with Crippen LogP contribution in [0.5, 0.6) is 0 Å². The first kappa shape index (κ1) is 13.1. The van der Waals surface area contributed by atoms with Gasteiger partial charge in [0.2, 0.25) is 0 Å². The van der Waals surface area contributed by atoms with E-state index < -0.39 is 0 Å². The molecule has 0 spiro atoms. The largest absolute Gasteiger partial charge is 0.290 e. The van der Waals surface area contributed by atoms with Crippen LogP contribution in [-0.2, 0) is 0 Å². The molecular formula is C19H21N. The lowest BCUT2D eigenvalue weighted by Crippen LogP contribution is -2.57. The Hall–Kier alpha value is -1.86. The molecule has 0 radical (unpaired) electrons. The Balaban J connectivity index is 1.88. The third kappa shape index (κ3) is 2.08. The Labute approximate surface area is 121 Å². The van der Waals surface area contributed by atoms with Gasteiger partial charge in [0.1, 0.15) is 0 Å². The smallest absolute Gasteiger partial charge is 0.0305 e. The summed E-state index contributed by atoms with van der Waals surface area (Å²) in [5, 5.41) is 0. The van der Waals surface area contributed by atoms with Crippen molar-refractivity contribution < 1.29 is 0 Å². The van der Waals surface area contributed by atoms with Crippen LogP contribution in [0, 0.1) is 0 Å². The number of hydrogen-bond acceptors (Lipinski definition) is 1. The van der Waals surface area contributed by atoms with Crippen LogP contribution < -0.4 is 0 Å². The van der Waals surface area contributed by atoms with Crippen LogP contribution in [0.2, 0.25) is 0 Å². The topological polar surface area (TPSA) is 3.24 Å². The van der Waals surface area contributed by atoms with Crippen LogP contribution in [-0.4, -0.2) is 23.5 Å². The molecule has 1 saturated heterocycles. The van der Waals surface area contributed by atoms with Crippen molar-refractivity contribution in [3.63, 3.8) is 0 Å². The molecule has 102 valence electrons. The number of benzene rings is 1. The highest BCUT2D eigenvalue weighted by Crippen LogP contribution is 2.40. The summed E-state index contributed by atoms with van der Waals surface area (Å²) in [6, 6.07) is 7.89. The molecular weight excluding hydrogens is 242 g/mol. The van der Waals surface area contributed by atoms with Gasteiger partial charge in [0.15, 0.2) is 0 Å². The van der Waals surface area contributed by atoms with E-state index in [1.165, 1.54) is 23.1 Å². The van der Waals surface area contributed by atoms with Gasteiger partial charge in [-0.15, -0.1) is 6.58 Å². The van der Waals surface area contributed by atoms with E-state index in [1.54, 1.807) is 0 Å². The first-order valence-electron chi connectivity index (χ1n) is 7.23. The lowest BCUT2D eigenvalue weighted by atomic mass is 9.78. The Morgan fingerprint density at radius 2 is 1.95 bits per heavy atom. The van der Waals surface area contributed by atoms with Crippen LogP contribution in [0.4, 0.5) is 0 Å². The summed E-state index contributed by atoms with van der Waals surface area (Å²) in [6.07, 6.45) is 10.7. The van der Waals surface area contributed by atoms with Crippen molar-refractivity contribution >= 4 is 17.7 Å². The van der Waals surface area contributed by atoms with Crippen molar-refractivity contribution in [3.8, 4) is 0 Å². The monoisotopic (exact) mass is 263 g/mol. The van der Waals surface area contributed by atoms with Gasteiger partial charge < -0.3 is 0 Å². The molecule has 0 saturated carbocycles. The normalized spacial score (nSPS) is 24.5. The molecule has 4 rings (SSSR count). The van der Waals surface area contributed by atoms with Crippen molar-refractivity contribution in [1.82, 2.24) is 4.90 Å². The minimum absolute atomic E-state index is 0.605. The Morgan fingerprint density at radius 3 is 2.55 bits per heavy atom. The summed E-state index contributed by atoms with van der Waals surface area (Å²) in [6.45, 7) is 12.6. The Bertz CT molecular complexity index is 594. The predicted octanol–water partition coefficient (Wildman–Crippen LogP) is 4.39. The fourth-order valence-corrected chi connectivity index (χ4v) is 3.39. The summed E-state index contributed by atoms with van der Waals surface area (Å²) < 4.78 is 0. The molecule has 0 amide bonds. The van der Waals surface area contributed by atoms with Gasteiger partial charge in [0.25, 0.3) is 0 Å². The number of fused-ring (bicyclic) bond motifs is 1. The second-order valence-corrected chi connectivity index (χ2v) is 5.59. The van der Waals surface area contributed by atoms with E-state index in [9.17, 15) is 0 Å². The predicted molar refractivity (Wildman–Crippen MR) is 88.3 cm³/mol. The maximum atomic E-state index is 3.90. The lowest BCUT2D eigenvalue weighted by molar-refractivity contribution is 0.0522. The average Bonchev–Trinajstić information content (AvgIpc) is 2.51. The zero-order valence-corrected chi connectivity index (χ0v) is 11.9. The molecule has 1 nitrogen and oxygen atoms in total. The van der Waals surface area contributed by atoms with E-state index in [0.29, 0.717) is 12.1 Å². The van der Waals surface area contributed by atoms with Gasteiger partial charge in [0, 0.05) is 18.6 Å². The molecule has 0 N–H and O–H groups in total. The summed E-state index contributed by atoms with van der Waals surface area (Å²) in [5.41, 5.74) is 5.13. The number of nitrogens with zero attached hydrogens (tertiary/aromatic N) is 1. The van der Waals surface area contributed by atoms with Crippen LogP contribution in [0.15, 0.2) is 50.1 Å². The fourth-order valence-electron chi connectivity index (χ4n) is 3.39. The zero-order valence-electron chi connectivity index (χ0n) is 11.9. The SMILES string of the molecule is C=CCN1C2C=C(c3ccc(C=C)c(C=C)c3)CC1C2. The van der Waals surface area contributed by atoms with Gasteiger partial charge in [-0.25, -0.2) is 0 Å². The second kappa shape index (κ2) is 5.26.